The van der Waals surface area contributed by atoms with E-state index in [1.807, 2.05) is 0 Å². The van der Waals surface area contributed by atoms with Crippen molar-refractivity contribution < 1.29 is 19.8 Å². The molecular formula is C7H7NO4S. The maximum atomic E-state index is 10.4. The fourth-order valence-corrected chi connectivity index (χ4v) is 1.60. The van der Waals surface area contributed by atoms with Gasteiger partial charge in [0.15, 0.2) is 0 Å². The first-order valence-corrected chi connectivity index (χ1v) is 4.15. The van der Waals surface area contributed by atoms with Gasteiger partial charge in [0.25, 0.3) is 0 Å². The molecule has 6 heteroatoms. The average Bonchev–Trinajstić information content (AvgIpc) is 2.50. The molecule has 0 saturated heterocycles. The van der Waals surface area contributed by atoms with Gasteiger partial charge >= 0.3 is 11.9 Å². The van der Waals surface area contributed by atoms with Crippen molar-refractivity contribution in [3.8, 4) is 0 Å². The van der Waals surface area contributed by atoms with Crippen molar-refractivity contribution in [1.82, 2.24) is 0 Å². The topological polar surface area (TPSA) is 101 Å². The van der Waals surface area contributed by atoms with E-state index in [-0.39, 0.29) is 4.88 Å². The molecule has 0 aliphatic heterocycles. The fourth-order valence-electron chi connectivity index (χ4n) is 0.757. The average molecular weight is 201 g/mol. The summed E-state index contributed by atoms with van der Waals surface area (Å²) in [6, 6.07) is 1.61. The van der Waals surface area contributed by atoms with Gasteiger partial charge in [0.2, 0.25) is 0 Å². The van der Waals surface area contributed by atoms with Crippen molar-refractivity contribution in [2.24, 2.45) is 5.73 Å². The molecule has 0 unspecified atom stereocenters. The second-order valence-corrected chi connectivity index (χ2v) is 3.44. The van der Waals surface area contributed by atoms with E-state index in [0.29, 0.717) is 4.88 Å². The first-order chi connectivity index (χ1) is 6.02. The molecule has 0 amide bonds. The van der Waals surface area contributed by atoms with E-state index in [1.54, 1.807) is 0 Å². The zero-order chi connectivity index (χ0) is 10.0. The summed E-state index contributed by atoms with van der Waals surface area (Å²) in [6.45, 7) is 0. The predicted molar refractivity (Wildman–Crippen MR) is 45.8 cm³/mol. The lowest BCUT2D eigenvalue weighted by Gasteiger charge is -2.00. The Balaban J connectivity index is 2.91. The van der Waals surface area contributed by atoms with Crippen LogP contribution in [0.2, 0.25) is 0 Å². The molecule has 4 N–H and O–H groups in total. The Morgan fingerprint density at radius 2 is 2.00 bits per heavy atom. The molecule has 0 aromatic carbocycles. The van der Waals surface area contributed by atoms with Crippen LogP contribution in [0.4, 0.5) is 0 Å². The summed E-state index contributed by atoms with van der Waals surface area (Å²) < 4.78 is 0. The first-order valence-electron chi connectivity index (χ1n) is 3.34. The third-order valence-electron chi connectivity index (χ3n) is 1.41. The Labute approximate surface area is 77.4 Å². The molecule has 1 aromatic heterocycles. The number of thiophene rings is 1. The smallest absolute Gasteiger partial charge is 0.345 e. The minimum absolute atomic E-state index is 0.0895. The maximum absolute atomic E-state index is 10.4. The summed E-state index contributed by atoms with van der Waals surface area (Å²) in [6.07, 6.45) is 0. The van der Waals surface area contributed by atoms with Crippen molar-refractivity contribution in [3.05, 3.63) is 21.9 Å². The van der Waals surface area contributed by atoms with Gasteiger partial charge in [-0.2, -0.15) is 0 Å². The van der Waals surface area contributed by atoms with E-state index in [9.17, 15) is 9.59 Å². The first kappa shape index (κ1) is 9.69. The van der Waals surface area contributed by atoms with Crippen LogP contribution >= 0.6 is 11.3 Å². The van der Waals surface area contributed by atoms with Gasteiger partial charge in [-0.3, -0.25) is 4.79 Å². The van der Waals surface area contributed by atoms with Crippen LogP contribution in [0.25, 0.3) is 0 Å². The van der Waals surface area contributed by atoms with E-state index >= 15 is 0 Å². The lowest BCUT2D eigenvalue weighted by Crippen LogP contribution is -2.19. The normalized spacial score (nSPS) is 12.4. The van der Waals surface area contributed by atoms with Crippen LogP contribution in [0.15, 0.2) is 12.1 Å². The van der Waals surface area contributed by atoms with Gasteiger partial charge in [0, 0.05) is 4.88 Å². The monoisotopic (exact) mass is 201 g/mol. The summed E-state index contributed by atoms with van der Waals surface area (Å²) in [7, 11) is 0. The van der Waals surface area contributed by atoms with Crippen LogP contribution in [0.3, 0.4) is 0 Å². The molecule has 0 spiro atoms. The number of rotatable bonds is 3. The van der Waals surface area contributed by atoms with Crippen molar-refractivity contribution in [2.45, 2.75) is 6.04 Å². The molecule has 0 bridgehead atoms. The van der Waals surface area contributed by atoms with Crippen LogP contribution in [-0.4, -0.2) is 22.2 Å². The molecule has 0 fully saturated rings. The Bertz CT molecular complexity index is 346. The van der Waals surface area contributed by atoms with Gasteiger partial charge in [0.05, 0.1) is 0 Å². The van der Waals surface area contributed by atoms with E-state index in [1.165, 1.54) is 12.1 Å². The molecule has 70 valence electrons. The van der Waals surface area contributed by atoms with Gasteiger partial charge in [-0.05, 0) is 12.1 Å². The molecular weight excluding hydrogens is 194 g/mol. The Morgan fingerprint density at radius 1 is 1.38 bits per heavy atom. The number of carboxylic acids is 2. The standard InChI is InChI=1S/C7H7NO4S/c8-5(7(11)12)3-1-2-4(13-3)6(9)10/h1-2,5H,8H2,(H,9,10)(H,11,12)/t5-/m0/s1. The third-order valence-corrected chi connectivity index (χ3v) is 2.57. The Kier molecular flexibility index (Phi) is 2.64. The summed E-state index contributed by atoms with van der Waals surface area (Å²) >= 11 is 0.872. The number of hydrogen-bond acceptors (Lipinski definition) is 4. The molecule has 0 saturated carbocycles. The lowest BCUT2D eigenvalue weighted by molar-refractivity contribution is -0.138. The number of carbonyl (C=O) groups is 2. The molecule has 0 aliphatic rings. The van der Waals surface area contributed by atoms with Gasteiger partial charge in [-0.25, -0.2) is 4.79 Å². The highest BCUT2D eigenvalue weighted by atomic mass is 32.1. The number of hydrogen-bond donors (Lipinski definition) is 3. The van der Waals surface area contributed by atoms with E-state index < -0.39 is 18.0 Å². The summed E-state index contributed by atoms with van der Waals surface area (Å²) in [5.74, 6) is -2.24. The van der Waals surface area contributed by atoms with E-state index in [0.717, 1.165) is 11.3 Å². The highest BCUT2D eigenvalue weighted by molar-refractivity contribution is 7.14. The highest BCUT2D eigenvalue weighted by Crippen LogP contribution is 2.21. The maximum Gasteiger partial charge on any atom is 0.345 e. The fraction of sp³-hybridized carbons (Fsp3) is 0.143. The number of nitrogens with two attached hydrogens (primary N) is 1. The second kappa shape index (κ2) is 3.55. The van der Waals surface area contributed by atoms with Gasteiger partial charge in [0.1, 0.15) is 10.9 Å². The predicted octanol–water partition coefficient (Wildman–Crippen LogP) is 0.531. The largest absolute Gasteiger partial charge is 0.480 e. The van der Waals surface area contributed by atoms with Crippen molar-refractivity contribution in [3.63, 3.8) is 0 Å². The molecule has 1 aromatic rings. The van der Waals surface area contributed by atoms with Crippen molar-refractivity contribution >= 4 is 23.3 Å². The number of aromatic carboxylic acids is 1. The van der Waals surface area contributed by atoms with Crippen LogP contribution in [0, 0.1) is 0 Å². The molecule has 1 rings (SSSR count). The Morgan fingerprint density at radius 3 is 2.38 bits per heavy atom. The quantitative estimate of drug-likeness (QED) is 0.662. The molecule has 13 heavy (non-hydrogen) atoms. The van der Waals surface area contributed by atoms with E-state index in [2.05, 4.69) is 0 Å². The van der Waals surface area contributed by atoms with Crippen LogP contribution in [-0.2, 0) is 4.79 Å². The van der Waals surface area contributed by atoms with Crippen molar-refractivity contribution in [1.29, 1.82) is 0 Å². The van der Waals surface area contributed by atoms with Gasteiger partial charge in [-0.1, -0.05) is 0 Å². The summed E-state index contributed by atoms with van der Waals surface area (Å²) in [4.78, 5) is 21.3. The second-order valence-electron chi connectivity index (χ2n) is 2.32. The van der Waals surface area contributed by atoms with Gasteiger partial charge < -0.3 is 15.9 Å². The molecule has 1 heterocycles. The van der Waals surface area contributed by atoms with E-state index in [4.69, 9.17) is 15.9 Å². The zero-order valence-electron chi connectivity index (χ0n) is 6.43. The van der Waals surface area contributed by atoms with Crippen LogP contribution in [0.1, 0.15) is 20.6 Å². The zero-order valence-corrected chi connectivity index (χ0v) is 7.25. The van der Waals surface area contributed by atoms with Crippen molar-refractivity contribution in [2.75, 3.05) is 0 Å². The minimum Gasteiger partial charge on any atom is -0.480 e. The Hall–Kier alpha value is -1.40. The SMILES string of the molecule is N[C@H](C(=O)O)c1ccc(C(=O)O)s1. The third kappa shape index (κ3) is 2.04. The molecule has 0 radical (unpaired) electrons. The van der Waals surface area contributed by atoms with Crippen LogP contribution < -0.4 is 5.73 Å². The summed E-state index contributed by atoms with van der Waals surface area (Å²) in [5, 5.41) is 17.1. The molecule has 1 atom stereocenters. The van der Waals surface area contributed by atoms with Crippen LogP contribution in [0.5, 0.6) is 0 Å². The number of aliphatic carboxylic acids is 1. The molecule has 5 nitrogen and oxygen atoms in total. The number of carboxylic acid groups (broad SMARTS) is 2. The summed E-state index contributed by atoms with van der Waals surface area (Å²) in [5.41, 5.74) is 5.27. The minimum atomic E-state index is -1.17. The molecule has 0 aliphatic carbocycles. The lowest BCUT2D eigenvalue weighted by atomic mass is 10.2. The highest BCUT2D eigenvalue weighted by Gasteiger charge is 2.17. The van der Waals surface area contributed by atoms with Gasteiger partial charge in [-0.15, -0.1) is 11.3 Å².